The van der Waals surface area contributed by atoms with Crippen molar-refractivity contribution in [3.05, 3.63) is 0 Å². The van der Waals surface area contributed by atoms with Crippen LogP contribution in [-0.2, 0) is 0 Å². The minimum Gasteiger partial charge on any atom is -0.396 e. The predicted molar refractivity (Wildman–Crippen MR) is 58.5 cm³/mol. The van der Waals surface area contributed by atoms with Gasteiger partial charge in [-0.2, -0.15) is 0 Å². The van der Waals surface area contributed by atoms with E-state index in [0.717, 1.165) is 25.7 Å². The second-order valence-corrected chi connectivity index (χ2v) is 2.15. The number of halogens is 2. The maximum Gasteiger partial charge on any atom is 0.0430 e. The van der Waals surface area contributed by atoms with Crippen LogP contribution in [0.2, 0.25) is 0 Å². The van der Waals surface area contributed by atoms with Crippen molar-refractivity contribution in [2.24, 2.45) is 0 Å². The normalized spacial score (nSPS) is 7.00. The van der Waals surface area contributed by atoms with Gasteiger partial charge in [0.2, 0.25) is 0 Å². The zero-order chi connectivity index (χ0) is 8.24. The van der Waals surface area contributed by atoms with Gasteiger partial charge in [0.1, 0.15) is 0 Å². The topological polar surface area (TPSA) is 40.5 Å². The van der Waals surface area contributed by atoms with Crippen LogP contribution in [0.1, 0.15) is 39.5 Å². The molecule has 0 atom stereocenters. The number of unbranched alkanes of at least 4 members (excludes halogenated alkanes) is 2. The molecule has 2 nitrogen and oxygen atoms in total. The standard InChI is InChI=1S/2C4H10O.2ClH/c2*1-2-3-4-5;;/h2*5H,2-4H2,1H3;2*1H. The number of hydrogen-bond donors (Lipinski definition) is 2. The van der Waals surface area contributed by atoms with E-state index in [2.05, 4.69) is 13.8 Å². The lowest BCUT2D eigenvalue weighted by Gasteiger charge is -1.79. The lowest BCUT2D eigenvalue weighted by Crippen LogP contribution is -1.75. The molecule has 80 valence electrons. The Hall–Kier alpha value is 0.500. The molecule has 0 bridgehead atoms. The summed E-state index contributed by atoms with van der Waals surface area (Å²) < 4.78 is 0. The molecule has 0 amide bonds. The summed E-state index contributed by atoms with van der Waals surface area (Å²) in [5, 5.41) is 16.1. The lowest BCUT2D eigenvalue weighted by atomic mass is 10.4. The first kappa shape index (κ1) is 22.9. The van der Waals surface area contributed by atoms with Gasteiger partial charge < -0.3 is 10.2 Å². The van der Waals surface area contributed by atoms with E-state index in [0.29, 0.717) is 13.2 Å². The summed E-state index contributed by atoms with van der Waals surface area (Å²) in [6.07, 6.45) is 4.08. The molecule has 0 saturated carbocycles. The molecule has 0 aromatic carbocycles. The van der Waals surface area contributed by atoms with Crippen molar-refractivity contribution in [2.45, 2.75) is 39.5 Å². The molecule has 0 aliphatic carbocycles. The predicted octanol–water partition coefficient (Wildman–Crippen LogP) is 2.40. The Labute approximate surface area is 88.2 Å². The first-order chi connectivity index (χ1) is 4.83. The van der Waals surface area contributed by atoms with Crippen molar-refractivity contribution in [3.63, 3.8) is 0 Å². The van der Waals surface area contributed by atoms with Crippen LogP contribution in [-0.4, -0.2) is 23.4 Å². The second-order valence-electron chi connectivity index (χ2n) is 2.15. The smallest absolute Gasteiger partial charge is 0.0430 e. The van der Waals surface area contributed by atoms with Crippen LogP contribution in [0, 0.1) is 0 Å². The molecule has 0 unspecified atom stereocenters. The Morgan fingerprint density at radius 2 is 1.00 bits per heavy atom. The van der Waals surface area contributed by atoms with Crippen LogP contribution in [0.4, 0.5) is 0 Å². The summed E-state index contributed by atoms with van der Waals surface area (Å²) in [7, 11) is 0. The van der Waals surface area contributed by atoms with E-state index in [1.165, 1.54) is 0 Å². The molecule has 0 radical (unpaired) electrons. The summed E-state index contributed by atoms with van der Waals surface area (Å²) in [5.41, 5.74) is 0. The summed E-state index contributed by atoms with van der Waals surface area (Å²) in [6, 6.07) is 0. The highest BCUT2D eigenvalue weighted by Crippen LogP contribution is 1.79. The fraction of sp³-hybridized carbons (Fsp3) is 1.00. The summed E-state index contributed by atoms with van der Waals surface area (Å²) in [6.45, 7) is 4.79. The van der Waals surface area contributed by atoms with Crippen LogP contribution in [0.25, 0.3) is 0 Å². The van der Waals surface area contributed by atoms with Gasteiger partial charge in [-0.3, -0.25) is 0 Å². The highest BCUT2D eigenvalue weighted by Gasteiger charge is 1.69. The molecule has 0 aromatic heterocycles. The van der Waals surface area contributed by atoms with Crippen molar-refractivity contribution in [1.29, 1.82) is 0 Å². The Morgan fingerprint density at radius 3 is 1.00 bits per heavy atom. The SMILES string of the molecule is CCCCO.CCCCO.Cl.Cl. The number of rotatable bonds is 4. The number of aliphatic hydroxyl groups is 2. The van der Waals surface area contributed by atoms with Crippen LogP contribution in [0.15, 0.2) is 0 Å². The van der Waals surface area contributed by atoms with Gasteiger partial charge in [-0.15, -0.1) is 24.8 Å². The van der Waals surface area contributed by atoms with Crippen molar-refractivity contribution in [3.8, 4) is 0 Å². The Kier molecular flexibility index (Phi) is 57.2. The van der Waals surface area contributed by atoms with E-state index in [-0.39, 0.29) is 24.8 Å². The van der Waals surface area contributed by atoms with Gasteiger partial charge in [-0.1, -0.05) is 26.7 Å². The summed E-state index contributed by atoms with van der Waals surface area (Å²) in [5.74, 6) is 0. The maximum atomic E-state index is 8.07. The zero-order valence-electron chi connectivity index (χ0n) is 7.95. The monoisotopic (exact) mass is 220 g/mol. The van der Waals surface area contributed by atoms with Crippen LogP contribution >= 0.6 is 24.8 Å². The Balaban J connectivity index is -0.0000000457. The Bertz CT molecular complexity index is 36.0. The first-order valence-corrected chi connectivity index (χ1v) is 4.05. The van der Waals surface area contributed by atoms with Gasteiger partial charge in [-0.05, 0) is 12.8 Å². The van der Waals surface area contributed by atoms with E-state index < -0.39 is 0 Å². The van der Waals surface area contributed by atoms with Crippen molar-refractivity contribution < 1.29 is 10.2 Å². The van der Waals surface area contributed by atoms with Crippen LogP contribution in [0.3, 0.4) is 0 Å². The van der Waals surface area contributed by atoms with Gasteiger partial charge in [-0.25, -0.2) is 0 Å². The average Bonchev–Trinajstić information content (AvgIpc) is 1.93. The first-order valence-electron chi connectivity index (χ1n) is 4.05. The third-order valence-electron chi connectivity index (χ3n) is 1.02. The van der Waals surface area contributed by atoms with E-state index in [1.807, 2.05) is 0 Å². The molecular formula is C8H22Cl2O2. The molecule has 0 aromatic rings. The third-order valence-corrected chi connectivity index (χ3v) is 1.02. The summed E-state index contributed by atoms with van der Waals surface area (Å²) in [4.78, 5) is 0. The van der Waals surface area contributed by atoms with E-state index in [1.54, 1.807) is 0 Å². The maximum absolute atomic E-state index is 8.07. The zero-order valence-corrected chi connectivity index (χ0v) is 9.59. The molecular weight excluding hydrogens is 199 g/mol. The highest BCUT2D eigenvalue weighted by molar-refractivity contribution is 5.85. The molecule has 4 heteroatoms. The second kappa shape index (κ2) is 30.0. The molecule has 0 heterocycles. The van der Waals surface area contributed by atoms with Crippen molar-refractivity contribution in [2.75, 3.05) is 13.2 Å². The van der Waals surface area contributed by atoms with Gasteiger partial charge >= 0.3 is 0 Å². The fourth-order valence-corrected chi connectivity index (χ4v) is 0.316. The quantitative estimate of drug-likeness (QED) is 0.765. The van der Waals surface area contributed by atoms with Crippen molar-refractivity contribution in [1.82, 2.24) is 0 Å². The van der Waals surface area contributed by atoms with Gasteiger partial charge in [0.25, 0.3) is 0 Å². The molecule has 0 fully saturated rings. The van der Waals surface area contributed by atoms with E-state index >= 15 is 0 Å². The average molecular weight is 221 g/mol. The molecule has 12 heavy (non-hydrogen) atoms. The summed E-state index contributed by atoms with van der Waals surface area (Å²) >= 11 is 0. The lowest BCUT2D eigenvalue weighted by molar-refractivity contribution is 0.286. The highest BCUT2D eigenvalue weighted by atomic mass is 35.5. The minimum atomic E-state index is 0. The fourth-order valence-electron chi connectivity index (χ4n) is 0.316. The van der Waals surface area contributed by atoms with Gasteiger partial charge in [0, 0.05) is 13.2 Å². The van der Waals surface area contributed by atoms with E-state index in [9.17, 15) is 0 Å². The van der Waals surface area contributed by atoms with Crippen LogP contribution in [0.5, 0.6) is 0 Å². The van der Waals surface area contributed by atoms with Crippen molar-refractivity contribution >= 4 is 24.8 Å². The molecule has 2 N–H and O–H groups in total. The van der Waals surface area contributed by atoms with Gasteiger partial charge in [0.05, 0.1) is 0 Å². The third kappa shape index (κ3) is 46.8. The number of aliphatic hydroxyl groups excluding tert-OH is 2. The molecule has 0 aliphatic heterocycles. The van der Waals surface area contributed by atoms with E-state index in [4.69, 9.17) is 10.2 Å². The number of hydrogen-bond acceptors (Lipinski definition) is 2. The van der Waals surface area contributed by atoms with Gasteiger partial charge in [0.15, 0.2) is 0 Å². The minimum absolute atomic E-state index is 0. The molecule has 0 spiro atoms. The molecule has 0 rings (SSSR count). The molecule has 0 saturated heterocycles. The Morgan fingerprint density at radius 1 is 0.750 bits per heavy atom. The largest absolute Gasteiger partial charge is 0.396 e. The molecule has 0 aliphatic rings. The van der Waals surface area contributed by atoms with Crippen LogP contribution < -0.4 is 0 Å².